The van der Waals surface area contributed by atoms with Gasteiger partial charge in [0.2, 0.25) is 0 Å². The van der Waals surface area contributed by atoms with Gasteiger partial charge in [-0.1, -0.05) is 50.9 Å². The molecule has 70 heavy (non-hydrogen) atoms. The maximum absolute atomic E-state index is 13.6. The number of aliphatic hydroxyl groups is 7. The third kappa shape index (κ3) is 8.82. The number of ether oxygens (including phenoxy) is 9. The molecule has 1 spiro atoms. The summed E-state index contributed by atoms with van der Waals surface area (Å²) in [5.41, 5.74) is 1.29. The van der Waals surface area contributed by atoms with Gasteiger partial charge in [0, 0.05) is 12.3 Å². The molecular formula is C51H72ClFO17. The second-order valence-corrected chi connectivity index (χ2v) is 23.0. The molecule has 1 aromatic rings. The van der Waals surface area contributed by atoms with E-state index in [1.807, 2.05) is 0 Å². The van der Waals surface area contributed by atoms with E-state index in [1.165, 1.54) is 12.5 Å². The number of fused-ring (bicyclic) bond motifs is 7. The van der Waals surface area contributed by atoms with E-state index in [0.717, 1.165) is 69.8 Å². The Balaban J connectivity index is 0.830. The highest BCUT2D eigenvalue weighted by atomic mass is 35.5. The number of rotatable bonds is 10. The molecule has 5 heterocycles. The van der Waals surface area contributed by atoms with E-state index in [1.54, 1.807) is 0 Å². The Hall–Kier alpha value is -1.95. The van der Waals surface area contributed by atoms with Crippen molar-refractivity contribution >= 4 is 17.6 Å². The van der Waals surface area contributed by atoms with Crippen LogP contribution in [0, 0.1) is 52.2 Å². The molecule has 5 saturated heterocycles. The predicted octanol–water partition coefficient (Wildman–Crippen LogP) is 3.51. The zero-order valence-electron chi connectivity index (χ0n) is 40.5. The summed E-state index contributed by atoms with van der Waals surface area (Å²) in [6.45, 7) is 10.5. The van der Waals surface area contributed by atoms with Crippen LogP contribution in [0.2, 0.25) is 5.02 Å². The SMILES string of the molecule is CC1C2C(CC3C4CC=C5C[C@@H](O[C@@H]6O[C@H](CO)[C@@H](OC7O[C@@H](COC(=O)c8ccc(F)cc8Cl)[C@H](O)[C@H]7O)[C@H](O)[C@H]6OC6O[C@@H](C)[C@H](O)[C@@H](O)[C@H]6O)CC[C@]5(C)C4CC[C@@]32C)O[C@]12CC[C@@H](C)CO2. The summed E-state index contributed by atoms with van der Waals surface area (Å²) in [6.07, 6.45) is -10.6. The number of allylic oxidation sites excluding steroid dienone is 1. The first kappa shape index (κ1) is 51.5. The maximum atomic E-state index is 13.6. The van der Waals surface area contributed by atoms with Gasteiger partial charge >= 0.3 is 5.97 Å². The number of aliphatic hydroxyl groups excluding tert-OH is 7. The van der Waals surface area contributed by atoms with Crippen LogP contribution < -0.4 is 0 Å². The Morgan fingerprint density at radius 3 is 2.27 bits per heavy atom. The van der Waals surface area contributed by atoms with Gasteiger partial charge in [0.25, 0.3) is 0 Å². The molecule has 9 aliphatic rings. The third-order valence-corrected chi connectivity index (χ3v) is 19.0. The molecule has 0 radical (unpaired) electrons. The largest absolute Gasteiger partial charge is 0.459 e. The normalized spacial score (nSPS) is 51.0. The first-order chi connectivity index (χ1) is 33.3. The minimum absolute atomic E-state index is 0.0580. The number of halogens is 2. The van der Waals surface area contributed by atoms with Crippen molar-refractivity contribution in [2.24, 2.45) is 46.3 Å². The second kappa shape index (κ2) is 19.6. The van der Waals surface area contributed by atoms with Gasteiger partial charge in [-0.15, -0.1) is 0 Å². The van der Waals surface area contributed by atoms with Gasteiger partial charge < -0.3 is 78.4 Å². The summed E-state index contributed by atoms with van der Waals surface area (Å²) in [6, 6.07) is 3.11. The fraction of sp³-hybridized carbons (Fsp3) is 0.824. The highest BCUT2D eigenvalue weighted by molar-refractivity contribution is 6.33. The molecule has 5 aliphatic heterocycles. The second-order valence-electron chi connectivity index (χ2n) is 22.6. The first-order valence-corrected chi connectivity index (χ1v) is 25.9. The molecule has 8 fully saturated rings. The Kier molecular flexibility index (Phi) is 14.5. The summed E-state index contributed by atoms with van der Waals surface area (Å²) >= 11 is 6.01. The summed E-state index contributed by atoms with van der Waals surface area (Å²) in [5, 5.41) is 76.8. The lowest BCUT2D eigenvalue weighted by Gasteiger charge is -2.58. The number of hydrogen-bond donors (Lipinski definition) is 7. The molecule has 10 rings (SSSR count). The minimum atomic E-state index is -1.76. The van der Waals surface area contributed by atoms with Crippen LogP contribution in [-0.4, -0.2) is 166 Å². The van der Waals surface area contributed by atoms with Gasteiger partial charge in [-0.05, 0) is 117 Å². The molecule has 0 bridgehead atoms. The van der Waals surface area contributed by atoms with Crippen molar-refractivity contribution in [1.29, 1.82) is 0 Å². The van der Waals surface area contributed by atoms with Gasteiger partial charge in [-0.2, -0.15) is 0 Å². The third-order valence-electron chi connectivity index (χ3n) is 18.7. The lowest BCUT2D eigenvalue weighted by atomic mass is 9.47. The van der Waals surface area contributed by atoms with E-state index < -0.39 is 123 Å². The van der Waals surface area contributed by atoms with Crippen LogP contribution in [0.25, 0.3) is 0 Å². The number of carbonyl (C=O) groups is 1. The average Bonchev–Trinajstić information content (AvgIpc) is 3.89. The van der Waals surface area contributed by atoms with Crippen molar-refractivity contribution in [2.75, 3.05) is 19.8 Å². The van der Waals surface area contributed by atoms with Crippen LogP contribution in [0.15, 0.2) is 29.8 Å². The van der Waals surface area contributed by atoms with Crippen LogP contribution in [0.5, 0.6) is 0 Å². The Bertz CT molecular complexity index is 2090. The van der Waals surface area contributed by atoms with Crippen LogP contribution >= 0.6 is 11.6 Å². The van der Waals surface area contributed by atoms with Gasteiger partial charge in [0.15, 0.2) is 24.7 Å². The van der Waals surface area contributed by atoms with Gasteiger partial charge in [0.1, 0.15) is 73.5 Å². The Morgan fingerprint density at radius 2 is 1.54 bits per heavy atom. The molecule has 25 atom stereocenters. The fourth-order valence-corrected chi connectivity index (χ4v) is 15.0. The van der Waals surface area contributed by atoms with Gasteiger partial charge in [-0.3, -0.25) is 0 Å². The van der Waals surface area contributed by atoms with E-state index in [2.05, 4.69) is 33.8 Å². The van der Waals surface area contributed by atoms with E-state index in [0.29, 0.717) is 48.3 Å². The number of esters is 1. The molecule has 4 aliphatic carbocycles. The molecule has 7 N–H and O–H groups in total. The van der Waals surface area contributed by atoms with E-state index in [9.17, 15) is 44.9 Å². The summed E-state index contributed by atoms with van der Waals surface area (Å²) in [4.78, 5) is 12.7. The highest BCUT2D eigenvalue weighted by Gasteiger charge is 2.69. The molecule has 17 nitrogen and oxygen atoms in total. The Labute approximate surface area is 412 Å². The summed E-state index contributed by atoms with van der Waals surface area (Å²) < 4.78 is 69.3. The van der Waals surface area contributed by atoms with Crippen molar-refractivity contribution in [3.8, 4) is 0 Å². The topological polar surface area (TPSA) is 242 Å². The van der Waals surface area contributed by atoms with Crippen molar-refractivity contribution in [1.82, 2.24) is 0 Å². The van der Waals surface area contributed by atoms with Crippen LogP contribution in [-0.2, 0) is 42.6 Å². The first-order valence-electron chi connectivity index (χ1n) is 25.5. The molecular weight excluding hydrogens is 939 g/mol. The number of carbonyl (C=O) groups excluding carboxylic acids is 1. The van der Waals surface area contributed by atoms with Gasteiger partial charge in [-0.25, -0.2) is 9.18 Å². The van der Waals surface area contributed by atoms with E-state index in [4.69, 9.17) is 54.2 Å². The van der Waals surface area contributed by atoms with Crippen LogP contribution in [0.3, 0.4) is 0 Å². The summed E-state index contributed by atoms with van der Waals surface area (Å²) in [7, 11) is 0. The van der Waals surface area contributed by atoms with Crippen molar-refractivity contribution in [2.45, 2.75) is 196 Å². The molecule has 19 heteroatoms. The zero-order valence-corrected chi connectivity index (χ0v) is 41.2. The zero-order chi connectivity index (χ0) is 49.8. The summed E-state index contributed by atoms with van der Waals surface area (Å²) in [5.74, 6) is 0.854. The van der Waals surface area contributed by atoms with E-state index >= 15 is 0 Å². The van der Waals surface area contributed by atoms with Crippen LogP contribution in [0.4, 0.5) is 4.39 Å². The van der Waals surface area contributed by atoms with Crippen molar-refractivity contribution in [3.05, 3.63) is 46.3 Å². The monoisotopic (exact) mass is 1010 g/mol. The molecule has 8 unspecified atom stereocenters. The predicted molar refractivity (Wildman–Crippen MR) is 243 cm³/mol. The van der Waals surface area contributed by atoms with Crippen molar-refractivity contribution < 1.29 is 87.6 Å². The molecule has 0 aromatic heterocycles. The quantitative estimate of drug-likeness (QED) is 0.131. The molecule has 0 amide bonds. The van der Waals surface area contributed by atoms with Crippen molar-refractivity contribution in [3.63, 3.8) is 0 Å². The lowest BCUT2D eigenvalue weighted by Crippen LogP contribution is -2.65. The van der Waals surface area contributed by atoms with Gasteiger partial charge in [0.05, 0.1) is 42.1 Å². The lowest BCUT2D eigenvalue weighted by molar-refractivity contribution is -0.380. The molecule has 1 aromatic carbocycles. The Morgan fingerprint density at radius 1 is 0.814 bits per heavy atom. The molecule has 392 valence electrons. The fourth-order valence-electron chi connectivity index (χ4n) is 14.7. The highest BCUT2D eigenvalue weighted by Crippen LogP contribution is 2.70. The minimum Gasteiger partial charge on any atom is -0.459 e. The van der Waals surface area contributed by atoms with Crippen LogP contribution in [0.1, 0.15) is 103 Å². The smallest absolute Gasteiger partial charge is 0.339 e. The number of hydrogen-bond acceptors (Lipinski definition) is 17. The standard InChI is InChI=1S/C51H72ClFO17/c1-22-10-15-51(63-20-22)23(2)36-33(70-51)18-31-28-8-6-25-16-27(11-13-49(25,4)30(28)12-14-50(31,36)5)65-48-44(69-46-41(59)39(57)37(55)24(3)64-46)42(60)43(34(19-54)66-48)68-47-40(58)38(56)35(67-47)21-62-45(61)29-9-7-26(53)17-32(29)52/h6-7,9,17,22-24,27-28,30-31,33-44,46-48,54-60H,8,10-16,18-21H2,1-5H3/t22-,23?,24+,27+,28?,30?,31?,33?,34-,35+,36?,37+,38+,39-,40-,41-,42+,43-,44-,46?,47?,48-,49+,50+,51-/m1/s1. The number of benzene rings is 1. The molecule has 3 saturated carbocycles. The maximum Gasteiger partial charge on any atom is 0.339 e. The van der Waals surface area contributed by atoms with E-state index in [-0.39, 0.29) is 27.5 Å². The average molecular weight is 1010 g/mol.